The van der Waals surface area contributed by atoms with Gasteiger partial charge in [-0.2, -0.15) is 11.8 Å². The lowest BCUT2D eigenvalue weighted by atomic mass is 10.1. The second-order valence-corrected chi connectivity index (χ2v) is 4.54. The number of alkyl halides is 1. The first kappa shape index (κ1) is 9.33. The van der Waals surface area contributed by atoms with E-state index in [1.807, 2.05) is 11.8 Å². The summed E-state index contributed by atoms with van der Waals surface area (Å²) in [7, 11) is 0. The quantitative estimate of drug-likeness (QED) is 0.713. The van der Waals surface area contributed by atoms with Crippen LogP contribution in [0.2, 0.25) is 0 Å². The van der Waals surface area contributed by atoms with Gasteiger partial charge in [0.1, 0.15) is 6.17 Å². The van der Waals surface area contributed by atoms with Crippen LogP contribution in [0.4, 0.5) is 4.39 Å². The van der Waals surface area contributed by atoms with Crippen LogP contribution >= 0.6 is 11.8 Å². The van der Waals surface area contributed by atoms with Crippen molar-refractivity contribution >= 4 is 11.8 Å². The molecule has 1 fully saturated rings. The summed E-state index contributed by atoms with van der Waals surface area (Å²) in [5.74, 6) is 1.16. The fourth-order valence-corrected chi connectivity index (χ4v) is 2.60. The van der Waals surface area contributed by atoms with Crippen molar-refractivity contribution in [3.8, 4) is 0 Å². The van der Waals surface area contributed by atoms with Crippen molar-refractivity contribution in [1.82, 2.24) is 0 Å². The predicted molar refractivity (Wildman–Crippen MR) is 46.7 cm³/mol. The van der Waals surface area contributed by atoms with E-state index in [9.17, 15) is 4.39 Å². The molecular formula is C8H15FOS. The van der Waals surface area contributed by atoms with Crippen molar-refractivity contribution < 1.29 is 9.50 Å². The molecule has 0 aromatic heterocycles. The van der Waals surface area contributed by atoms with Gasteiger partial charge in [0, 0.05) is 5.25 Å². The fourth-order valence-electron chi connectivity index (χ4n) is 1.28. The van der Waals surface area contributed by atoms with Crippen LogP contribution in [0.5, 0.6) is 0 Å². The van der Waals surface area contributed by atoms with E-state index in [1.165, 1.54) is 13.3 Å². The number of thioether (sulfide) groups is 1. The Morgan fingerprint density at radius 3 is 2.91 bits per heavy atom. The highest BCUT2D eigenvalue weighted by molar-refractivity contribution is 8.00. The Morgan fingerprint density at radius 1 is 1.73 bits per heavy atom. The normalized spacial score (nSPS) is 30.3. The van der Waals surface area contributed by atoms with Crippen LogP contribution < -0.4 is 0 Å². The Morgan fingerprint density at radius 2 is 2.45 bits per heavy atom. The van der Waals surface area contributed by atoms with Gasteiger partial charge in [0.15, 0.2) is 0 Å². The molecule has 0 bridgehead atoms. The summed E-state index contributed by atoms with van der Waals surface area (Å²) in [5, 5.41) is 9.35. The van der Waals surface area contributed by atoms with Gasteiger partial charge in [0.25, 0.3) is 0 Å². The molecule has 11 heavy (non-hydrogen) atoms. The van der Waals surface area contributed by atoms with Crippen molar-refractivity contribution in [2.75, 3.05) is 5.75 Å². The summed E-state index contributed by atoms with van der Waals surface area (Å²) in [6.45, 7) is 1.52. The maximum atomic E-state index is 12.9. The molecule has 1 rings (SSSR count). The van der Waals surface area contributed by atoms with Gasteiger partial charge < -0.3 is 5.11 Å². The van der Waals surface area contributed by atoms with E-state index in [0.29, 0.717) is 11.7 Å². The molecule has 1 heterocycles. The zero-order valence-corrected chi connectivity index (χ0v) is 7.61. The first-order valence-corrected chi connectivity index (χ1v) is 5.18. The lowest BCUT2D eigenvalue weighted by molar-refractivity contribution is 0.0873. The van der Waals surface area contributed by atoms with Gasteiger partial charge in [-0.15, -0.1) is 0 Å². The number of rotatable bonds is 3. The third-order valence-electron chi connectivity index (χ3n) is 2.04. The van der Waals surface area contributed by atoms with Crippen LogP contribution in [-0.4, -0.2) is 28.4 Å². The lowest BCUT2D eigenvalue weighted by Crippen LogP contribution is -2.21. The van der Waals surface area contributed by atoms with Gasteiger partial charge in [-0.1, -0.05) is 0 Å². The number of aliphatic hydroxyl groups excluding tert-OH is 1. The molecule has 3 heteroatoms. The van der Waals surface area contributed by atoms with E-state index in [4.69, 9.17) is 5.11 Å². The van der Waals surface area contributed by atoms with E-state index in [2.05, 4.69) is 0 Å². The summed E-state index contributed by atoms with van der Waals surface area (Å²) in [5.41, 5.74) is 0. The minimum absolute atomic E-state index is 0.458. The first-order chi connectivity index (χ1) is 5.20. The number of hydrogen-bond acceptors (Lipinski definition) is 2. The Kier molecular flexibility index (Phi) is 3.66. The van der Waals surface area contributed by atoms with Crippen molar-refractivity contribution in [2.24, 2.45) is 0 Å². The van der Waals surface area contributed by atoms with Gasteiger partial charge in [-0.05, 0) is 31.9 Å². The van der Waals surface area contributed by atoms with Crippen LogP contribution in [-0.2, 0) is 0 Å². The first-order valence-electron chi connectivity index (χ1n) is 4.14. The smallest absolute Gasteiger partial charge is 0.127 e. The molecule has 1 N–H and O–H groups in total. The summed E-state index contributed by atoms with van der Waals surface area (Å²) in [6, 6.07) is 0. The Bertz CT molecular complexity index is 113. The minimum atomic E-state index is -1.02. The molecule has 1 nitrogen and oxygen atoms in total. The maximum Gasteiger partial charge on any atom is 0.127 e. The molecule has 1 aliphatic heterocycles. The van der Waals surface area contributed by atoms with Crippen LogP contribution in [0.15, 0.2) is 0 Å². The Balaban J connectivity index is 2.18. The topological polar surface area (TPSA) is 20.2 Å². The second-order valence-electron chi connectivity index (χ2n) is 3.13. The zero-order chi connectivity index (χ0) is 8.27. The molecule has 0 aromatic rings. The molecule has 0 amide bonds. The SMILES string of the molecule is CC(O)C(F)CC1CCCS1. The molecule has 0 aliphatic carbocycles. The van der Waals surface area contributed by atoms with Gasteiger partial charge in [-0.3, -0.25) is 0 Å². The largest absolute Gasteiger partial charge is 0.390 e. The minimum Gasteiger partial charge on any atom is -0.390 e. The van der Waals surface area contributed by atoms with E-state index in [1.54, 1.807) is 0 Å². The number of halogens is 1. The van der Waals surface area contributed by atoms with Crippen molar-refractivity contribution in [1.29, 1.82) is 0 Å². The molecule has 0 radical (unpaired) electrons. The molecule has 1 aliphatic rings. The van der Waals surface area contributed by atoms with E-state index < -0.39 is 12.3 Å². The highest BCUT2D eigenvalue weighted by Gasteiger charge is 2.22. The molecule has 66 valence electrons. The highest BCUT2D eigenvalue weighted by atomic mass is 32.2. The molecule has 3 atom stereocenters. The summed E-state index contributed by atoms with van der Waals surface area (Å²) >= 11 is 1.84. The van der Waals surface area contributed by atoms with Gasteiger partial charge in [-0.25, -0.2) is 4.39 Å². The van der Waals surface area contributed by atoms with E-state index in [-0.39, 0.29) is 0 Å². The third kappa shape index (κ3) is 2.99. The maximum absolute atomic E-state index is 12.9. The van der Waals surface area contributed by atoms with E-state index >= 15 is 0 Å². The number of hydrogen-bond donors (Lipinski definition) is 1. The monoisotopic (exact) mass is 178 g/mol. The van der Waals surface area contributed by atoms with E-state index in [0.717, 1.165) is 12.2 Å². The average molecular weight is 178 g/mol. The van der Waals surface area contributed by atoms with Gasteiger partial charge in [0.05, 0.1) is 6.10 Å². The number of aliphatic hydroxyl groups is 1. The molecule has 0 aromatic carbocycles. The van der Waals surface area contributed by atoms with Crippen LogP contribution in [0.3, 0.4) is 0 Å². The third-order valence-corrected chi connectivity index (χ3v) is 3.46. The van der Waals surface area contributed by atoms with Crippen LogP contribution in [0.1, 0.15) is 26.2 Å². The van der Waals surface area contributed by atoms with Crippen molar-refractivity contribution in [3.63, 3.8) is 0 Å². The summed E-state index contributed by atoms with van der Waals surface area (Å²) in [6.07, 6.45) is 1.05. The van der Waals surface area contributed by atoms with Crippen molar-refractivity contribution in [2.45, 2.75) is 43.7 Å². The Labute approximate surface area is 71.4 Å². The lowest BCUT2D eigenvalue weighted by Gasteiger charge is -2.14. The highest BCUT2D eigenvalue weighted by Crippen LogP contribution is 2.30. The standard InChI is InChI=1S/C8H15FOS/c1-6(10)8(9)5-7-3-2-4-11-7/h6-8,10H,2-5H2,1H3. The van der Waals surface area contributed by atoms with Gasteiger partial charge in [0.2, 0.25) is 0 Å². The fraction of sp³-hybridized carbons (Fsp3) is 1.00. The molecule has 0 saturated carbocycles. The molecule has 1 saturated heterocycles. The molecular weight excluding hydrogens is 163 g/mol. The summed E-state index contributed by atoms with van der Waals surface area (Å²) in [4.78, 5) is 0. The van der Waals surface area contributed by atoms with Crippen LogP contribution in [0, 0.1) is 0 Å². The average Bonchev–Trinajstić information content (AvgIpc) is 2.39. The predicted octanol–water partition coefficient (Wildman–Crippen LogP) is 1.99. The second kappa shape index (κ2) is 4.31. The molecule has 0 spiro atoms. The molecule has 3 unspecified atom stereocenters. The zero-order valence-electron chi connectivity index (χ0n) is 6.79. The van der Waals surface area contributed by atoms with Crippen molar-refractivity contribution in [3.05, 3.63) is 0 Å². The Hall–Kier alpha value is 0.240. The van der Waals surface area contributed by atoms with Gasteiger partial charge >= 0.3 is 0 Å². The summed E-state index contributed by atoms with van der Waals surface area (Å²) < 4.78 is 12.9. The van der Waals surface area contributed by atoms with Crippen LogP contribution in [0.25, 0.3) is 0 Å².